The number of aromatic amines is 1. The van der Waals surface area contributed by atoms with Crippen LogP contribution in [0.4, 0.5) is 5.95 Å². The maximum Gasteiger partial charge on any atom is 0.222 e. The molecule has 0 fully saturated rings. The van der Waals surface area contributed by atoms with Gasteiger partial charge in [0.25, 0.3) is 0 Å². The normalized spacial score (nSPS) is 12.4. The van der Waals surface area contributed by atoms with Gasteiger partial charge in [-0.25, -0.2) is 4.98 Å². The number of nitrogen functional groups attached to an aromatic ring is 1. The first-order valence-electron chi connectivity index (χ1n) is 8.12. The van der Waals surface area contributed by atoms with Gasteiger partial charge in [0.2, 0.25) is 5.95 Å². The lowest BCUT2D eigenvalue weighted by molar-refractivity contribution is 0.475. The molecule has 1 atom stereocenters. The Morgan fingerprint density at radius 2 is 1.72 bits per heavy atom. The fourth-order valence-corrected chi connectivity index (χ4v) is 3.08. The summed E-state index contributed by atoms with van der Waals surface area (Å²) in [6, 6.07) is 19.3. The lowest BCUT2D eigenvalue weighted by atomic mass is 9.95. The largest absolute Gasteiger partial charge is 0.508 e. The molecule has 4 rings (SSSR count). The van der Waals surface area contributed by atoms with Crippen molar-refractivity contribution in [2.24, 2.45) is 0 Å². The summed E-state index contributed by atoms with van der Waals surface area (Å²) in [6.45, 7) is 2.11. The molecule has 0 aliphatic heterocycles. The number of fused-ring (bicyclic) bond motifs is 1. The molecule has 0 aliphatic carbocycles. The first-order valence-corrected chi connectivity index (χ1v) is 8.12. The van der Waals surface area contributed by atoms with Crippen LogP contribution in [0.2, 0.25) is 0 Å². The molecule has 4 N–H and O–H groups in total. The number of rotatable bonds is 3. The van der Waals surface area contributed by atoms with E-state index in [1.165, 1.54) is 5.56 Å². The highest BCUT2D eigenvalue weighted by Gasteiger charge is 2.17. The Morgan fingerprint density at radius 1 is 1.00 bits per heavy atom. The van der Waals surface area contributed by atoms with Gasteiger partial charge >= 0.3 is 0 Å². The molecule has 25 heavy (non-hydrogen) atoms. The van der Waals surface area contributed by atoms with E-state index in [2.05, 4.69) is 34.0 Å². The number of anilines is 1. The quantitative estimate of drug-likeness (QED) is 0.528. The molecular formula is C20H18N4O. The highest BCUT2D eigenvalue weighted by atomic mass is 16.3. The average Bonchev–Trinajstić information content (AvgIpc) is 3.05. The van der Waals surface area contributed by atoms with Crippen molar-refractivity contribution in [3.63, 3.8) is 0 Å². The van der Waals surface area contributed by atoms with Crippen LogP contribution in [0.25, 0.3) is 22.3 Å². The third-order valence-electron chi connectivity index (χ3n) is 4.42. The van der Waals surface area contributed by atoms with E-state index in [-0.39, 0.29) is 17.6 Å². The van der Waals surface area contributed by atoms with E-state index in [0.717, 1.165) is 22.3 Å². The number of phenols is 1. The highest BCUT2D eigenvalue weighted by Crippen LogP contribution is 2.32. The number of H-pyrrole nitrogens is 1. The molecule has 0 saturated heterocycles. The van der Waals surface area contributed by atoms with Crippen LogP contribution in [-0.2, 0) is 0 Å². The molecule has 0 amide bonds. The summed E-state index contributed by atoms with van der Waals surface area (Å²) in [6.07, 6.45) is 0. The second kappa shape index (κ2) is 5.94. The molecule has 2 aromatic carbocycles. The van der Waals surface area contributed by atoms with E-state index in [9.17, 15) is 5.11 Å². The Hall–Kier alpha value is -3.34. The van der Waals surface area contributed by atoms with Gasteiger partial charge < -0.3 is 15.8 Å². The second-order valence-electron chi connectivity index (χ2n) is 6.09. The Kier molecular flexibility index (Phi) is 3.61. The van der Waals surface area contributed by atoms with Gasteiger partial charge in [0.15, 0.2) is 0 Å². The summed E-state index contributed by atoms with van der Waals surface area (Å²) in [5.74, 6) is 0.587. The molecule has 2 heterocycles. The van der Waals surface area contributed by atoms with E-state index >= 15 is 0 Å². The third-order valence-corrected chi connectivity index (χ3v) is 4.42. The van der Waals surface area contributed by atoms with Crippen molar-refractivity contribution in [2.45, 2.75) is 12.8 Å². The lowest BCUT2D eigenvalue weighted by Crippen LogP contribution is -2.04. The molecule has 0 saturated carbocycles. The van der Waals surface area contributed by atoms with Gasteiger partial charge in [0.1, 0.15) is 11.4 Å². The van der Waals surface area contributed by atoms with Crippen molar-refractivity contribution < 1.29 is 5.11 Å². The molecule has 0 bridgehead atoms. The van der Waals surface area contributed by atoms with E-state index in [4.69, 9.17) is 5.73 Å². The SMILES string of the molecule is C[C@H](c1ccccc1)c1nc(N)nc2[nH]c(-c3ccc(O)cc3)cc12. The van der Waals surface area contributed by atoms with E-state index in [0.29, 0.717) is 5.65 Å². The van der Waals surface area contributed by atoms with Crippen LogP contribution < -0.4 is 5.73 Å². The fraction of sp³-hybridized carbons (Fsp3) is 0.100. The predicted molar refractivity (Wildman–Crippen MR) is 99.4 cm³/mol. The molecule has 2 aromatic heterocycles. The van der Waals surface area contributed by atoms with Crippen molar-refractivity contribution in [1.82, 2.24) is 15.0 Å². The molecule has 0 radical (unpaired) electrons. The van der Waals surface area contributed by atoms with E-state index < -0.39 is 0 Å². The van der Waals surface area contributed by atoms with Crippen molar-refractivity contribution in [3.05, 3.63) is 71.9 Å². The molecule has 0 aliphatic rings. The Balaban J connectivity index is 1.86. The van der Waals surface area contributed by atoms with Gasteiger partial charge in [-0.1, -0.05) is 37.3 Å². The van der Waals surface area contributed by atoms with Gasteiger partial charge in [-0.15, -0.1) is 0 Å². The molecular weight excluding hydrogens is 312 g/mol. The van der Waals surface area contributed by atoms with Crippen molar-refractivity contribution >= 4 is 17.0 Å². The van der Waals surface area contributed by atoms with Crippen molar-refractivity contribution in [3.8, 4) is 17.0 Å². The number of aromatic nitrogens is 3. The van der Waals surface area contributed by atoms with Crippen LogP contribution in [0.5, 0.6) is 5.75 Å². The number of phenolic OH excluding ortho intramolecular Hbond substituents is 1. The van der Waals surface area contributed by atoms with Crippen LogP contribution >= 0.6 is 0 Å². The van der Waals surface area contributed by atoms with Gasteiger partial charge in [-0.2, -0.15) is 4.98 Å². The van der Waals surface area contributed by atoms with Crippen LogP contribution in [-0.4, -0.2) is 20.1 Å². The molecule has 4 aromatic rings. The summed E-state index contributed by atoms with van der Waals surface area (Å²) >= 11 is 0. The fourth-order valence-electron chi connectivity index (χ4n) is 3.08. The Bertz CT molecular complexity index is 1020. The average molecular weight is 330 g/mol. The lowest BCUT2D eigenvalue weighted by Gasteiger charge is -2.12. The minimum atomic E-state index is 0.0949. The number of hydrogen-bond donors (Lipinski definition) is 3. The van der Waals surface area contributed by atoms with Gasteiger partial charge in [-0.3, -0.25) is 0 Å². The summed E-state index contributed by atoms with van der Waals surface area (Å²) in [4.78, 5) is 12.1. The number of aromatic hydroxyl groups is 1. The number of nitrogens with one attached hydrogen (secondary N) is 1. The summed E-state index contributed by atoms with van der Waals surface area (Å²) in [5, 5.41) is 10.4. The topological polar surface area (TPSA) is 87.8 Å². The minimum absolute atomic E-state index is 0.0949. The zero-order valence-electron chi connectivity index (χ0n) is 13.8. The Labute approximate surface area is 145 Å². The summed E-state index contributed by atoms with van der Waals surface area (Å²) in [5.41, 5.74) is 10.6. The number of nitrogens with zero attached hydrogens (tertiary/aromatic N) is 2. The van der Waals surface area contributed by atoms with E-state index in [1.54, 1.807) is 12.1 Å². The van der Waals surface area contributed by atoms with Gasteiger partial charge in [0.05, 0.1) is 5.69 Å². The number of nitrogens with two attached hydrogens (primary N) is 1. The smallest absolute Gasteiger partial charge is 0.222 e. The monoisotopic (exact) mass is 330 g/mol. The van der Waals surface area contributed by atoms with Crippen LogP contribution in [0.3, 0.4) is 0 Å². The summed E-state index contributed by atoms with van der Waals surface area (Å²) < 4.78 is 0. The minimum Gasteiger partial charge on any atom is -0.508 e. The highest BCUT2D eigenvalue weighted by molar-refractivity contribution is 5.86. The molecule has 0 spiro atoms. The molecule has 0 unspecified atom stereocenters. The Morgan fingerprint density at radius 3 is 2.44 bits per heavy atom. The molecule has 5 heteroatoms. The zero-order chi connectivity index (χ0) is 17.4. The van der Waals surface area contributed by atoms with E-state index in [1.807, 2.05) is 36.4 Å². The number of benzene rings is 2. The zero-order valence-corrected chi connectivity index (χ0v) is 13.8. The number of hydrogen-bond acceptors (Lipinski definition) is 4. The molecule has 124 valence electrons. The first-order chi connectivity index (χ1) is 12.1. The first kappa shape index (κ1) is 15.2. The maximum absolute atomic E-state index is 9.47. The van der Waals surface area contributed by atoms with Crippen LogP contribution in [0, 0.1) is 0 Å². The predicted octanol–water partition coefficient (Wildman–Crippen LogP) is 4.06. The third kappa shape index (κ3) is 2.80. The van der Waals surface area contributed by atoms with Gasteiger partial charge in [0, 0.05) is 17.0 Å². The van der Waals surface area contributed by atoms with Crippen LogP contribution in [0.1, 0.15) is 24.1 Å². The standard InChI is InChI=1S/C20H18N4O/c1-12(13-5-3-2-4-6-13)18-16-11-17(14-7-9-15(25)10-8-14)22-19(16)24-20(21)23-18/h2-12,25H,1H3,(H3,21,22,23,24)/t12-/m1/s1. The van der Waals surface area contributed by atoms with Crippen LogP contribution in [0.15, 0.2) is 60.7 Å². The summed E-state index contributed by atoms with van der Waals surface area (Å²) in [7, 11) is 0. The maximum atomic E-state index is 9.47. The van der Waals surface area contributed by atoms with Crippen molar-refractivity contribution in [2.75, 3.05) is 5.73 Å². The molecule has 5 nitrogen and oxygen atoms in total. The van der Waals surface area contributed by atoms with Crippen molar-refractivity contribution in [1.29, 1.82) is 0 Å². The van der Waals surface area contributed by atoms with Gasteiger partial charge in [-0.05, 0) is 41.5 Å². The second-order valence-corrected chi connectivity index (χ2v) is 6.09.